The van der Waals surface area contributed by atoms with Crippen LogP contribution < -0.4 is 16.2 Å². The molecular weight excluding hydrogens is 350 g/mol. The molecule has 0 aliphatic heterocycles. The van der Waals surface area contributed by atoms with Crippen molar-refractivity contribution in [1.82, 2.24) is 5.16 Å². The molecular formula is C19H17N3O5. The lowest BCUT2D eigenvalue weighted by Gasteiger charge is -2.07. The molecule has 27 heavy (non-hydrogen) atoms. The Bertz CT molecular complexity index is 933. The monoisotopic (exact) mass is 367 g/mol. The number of nitrogens with zero attached hydrogens (tertiary/aromatic N) is 1. The summed E-state index contributed by atoms with van der Waals surface area (Å²) in [6, 6.07) is 15.9. The first-order chi connectivity index (χ1) is 13.0. The quantitative estimate of drug-likeness (QED) is 0.660. The summed E-state index contributed by atoms with van der Waals surface area (Å²) >= 11 is 0. The second kappa shape index (κ2) is 8.05. The summed E-state index contributed by atoms with van der Waals surface area (Å²) in [5, 5.41) is 3.92. The second-order valence-electron chi connectivity index (χ2n) is 5.66. The van der Waals surface area contributed by atoms with E-state index in [4.69, 9.17) is 20.7 Å². The molecule has 3 rings (SSSR count). The maximum Gasteiger partial charge on any atom is 0.404 e. The molecule has 2 amide bonds. The normalized spacial score (nSPS) is 10.4. The molecule has 0 spiro atoms. The summed E-state index contributed by atoms with van der Waals surface area (Å²) in [6.45, 7) is 0.287. The van der Waals surface area contributed by atoms with E-state index in [2.05, 4.69) is 9.89 Å². The summed E-state index contributed by atoms with van der Waals surface area (Å²) in [5.74, 6) is 0.609. The molecule has 0 aliphatic carbocycles. The first-order valence-electron chi connectivity index (χ1n) is 8.01. The van der Waals surface area contributed by atoms with Crippen LogP contribution in [-0.2, 0) is 18.0 Å². The first-order valence-corrected chi connectivity index (χ1v) is 8.01. The molecule has 4 N–H and O–H groups in total. The van der Waals surface area contributed by atoms with Gasteiger partial charge >= 0.3 is 6.09 Å². The lowest BCUT2D eigenvalue weighted by Crippen LogP contribution is -2.12. The minimum absolute atomic E-state index is 0.0714. The maximum absolute atomic E-state index is 11.1. The number of aromatic nitrogens is 1. The Hall–Kier alpha value is -3.81. The van der Waals surface area contributed by atoms with Gasteiger partial charge < -0.3 is 25.5 Å². The molecule has 2 aromatic carbocycles. The molecule has 0 radical (unpaired) electrons. The van der Waals surface area contributed by atoms with E-state index in [0.717, 1.165) is 11.1 Å². The van der Waals surface area contributed by atoms with Gasteiger partial charge in [-0.2, -0.15) is 0 Å². The number of hydrogen-bond acceptors (Lipinski definition) is 6. The van der Waals surface area contributed by atoms with Crippen LogP contribution >= 0.6 is 0 Å². The zero-order valence-corrected chi connectivity index (χ0v) is 14.3. The molecule has 1 heterocycles. The fourth-order valence-corrected chi connectivity index (χ4v) is 2.31. The summed E-state index contributed by atoms with van der Waals surface area (Å²) in [7, 11) is 0. The zero-order valence-electron chi connectivity index (χ0n) is 14.3. The summed E-state index contributed by atoms with van der Waals surface area (Å²) < 4.78 is 15.5. The largest absolute Gasteiger partial charge is 0.489 e. The van der Waals surface area contributed by atoms with Crippen LogP contribution in [-0.4, -0.2) is 17.2 Å². The molecule has 1 aromatic heterocycles. The van der Waals surface area contributed by atoms with E-state index in [1.165, 1.54) is 0 Å². The Morgan fingerprint density at radius 1 is 0.963 bits per heavy atom. The molecule has 0 bridgehead atoms. The Kier molecular flexibility index (Phi) is 5.36. The molecule has 3 aromatic rings. The van der Waals surface area contributed by atoms with E-state index in [1.54, 1.807) is 42.5 Å². The Balaban J connectivity index is 1.58. The molecule has 0 saturated carbocycles. The van der Waals surface area contributed by atoms with Gasteiger partial charge in [0.15, 0.2) is 12.4 Å². The predicted octanol–water partition coefficient (Wildman–Crippen LogP) is 2.61. The van der Waals surface area contributed by atoms with Crippen molar-refractivity contribution in [1.29, 1.82) is 0 Å². The standard InChI is InChI=1S/C19H17N3O5/c20-18(23)14-3-1-12(2-4-14)10-25-15-7-5-13(6-8-15)17-9-16(27-22-17)11-26-19(21)24/h1-9H,10-11H2,(H2,20,23)(H2,21,24). The number of benzene rings is 2. The molecule has 0 atom stereocenters. The molecule has 0 aliphatic rings. The number of rotatable bonds is 7. The van der Waals surface area contributed by atoms with Gasteiger partial charge in [-0.25, -0.2) is 4.79 Å². The van der Waals surface area contributed by atoms with E-state index < -0.39 is 12.0 Å². The maximum atomic E-state index is 11.1. The van der Waals surface area contributed by atoms with Crippen LogP contribution in [0.2, 0.25) is 0 Å². The van der Waals surface area contributed by atoms with Crippen molar-refractivity contribution in [2.45, 2.75) is 13.2 Å². The minimum atomic E-state index is -0.876. The van der Waals surface area contributed by atoms with Crippen LogP contribution in [0.25, 0.3) is 11.3 Å². The average Bonchev–Trinajstić information content (AvgIpc) is 3.14. The molecule has 8 heteroatoms. The number of hydrogen-bond donors (Lipinski definition) is 2. The molecule has 0 fully saturated rings. The van der Waals surface area contributed by atoms with E-state index in [-0.39, 0.29) is 6.61 Å². The fourth-order valence-electron chi connectivity index (χ4n) is 2.31. The Morgan fingerprint density at radius 3 is 2.30 bits per heavy atom. The molecule has 8 nitrogen and oxygen atoms in total. The number of nitrogens with two attached hydrogens (primary N) is 2. The van der Waals surface area contributed by atoms with Gasteiger partial charge in [-0.1, -0.05) is 17.3 Å². The van der Waals surface area contributed by atoms with Crippen molar-refractivity contribution in [2.75, 3.05) is 0 Å². The summed E-state index contributed by atoms with van der Waals surface area (Å²) in [6.07, 6.45) is -0.876. The first kappa shape index (κ1) is 18.0. The Morgan fingerprint density at radius 2 is 1.67 bits per heavy atom. The molecule has 0 unspecified atom stereocenters. The van der Waals surface area contributed by atoms with Gasteiger partial charge in [0.25, 0.3) is 0 Å². The minimum Gasteiger partial charge on any atom is -0.489 e. The molecule has 0 saturated heterocycles. The van der Waals surface area contributed by atoms with Crippen LogP contribution in [0, 0.1) is 0 Å². The van der Waals surface area contributed by atoms with Gasteiger partial charge in [0.05, 0.1) is 0 Å². The highest BCUT2D eigenvalue weighted by atomic mass is 16.6. The van der Waals surface area contributed by atoms with Crippen molar-refractivity contribution < 1.29 is 23.6 Å². The third kappa shape index (κ3) is 4.85. The van der Waals surface area contributed by atoms with Crippen molar-refractivity contribution in [3.63, 3.8) is 0 Å². The third-order valence-corrected chi connectivity index (χ3v) is 3.71. The number of carbonyl (C=O) groups is 2. The van der Waals surface area contributed by atoms with Gasteiger partial charge in [-0.15, -0.1) is 0 Å². The van der Waals surface area contributed by atoms with Crippen LogP contribution in [0.5, 0.6) is 5.75 Å². The number of ether oxygens (including phenoxy) is 2. The van der Waals surface area contributed by atoms with Gasteiger partial charge in [0.1, 0.15) is 18.1 Å². The van der Waals surface area contributed by atoms with Gasteiger partial charge in [0.2, 0.25) is 5.91 Å². The highest BCUT2D eigenvalue weighted by Crippen LogP contribution is 2.23. The van der Waals surface area contributed by atoms with Crippen LogP contribution in [0.3, 0.4) is 0 Å². The highest BCUT2D eigenvalue weighted by molar-refractivity contribution is 5.92. The number of carbonyl (C=O) groups excluding carboxylic acids is 2. The zero-order chi connectivity index (χ0) is 19.2. The smallest absolute Gasteiger partial charge is 0.404 e. The van der Waals surface area contributed by atoms with E-state index in [0.29, 0.717) is 29.4 Å². The fraction of sp³-hybridized carbons (Fsp3) is 0.105. The van der Waals surface area contributed by atoms with Gasteiger partial charge in [0, 0.05) is 17.2 Å². The van der Waals surface area contributed by atoms with Crippen LogP contribution in [0.1, 0.15) is 21.7 Å². The van der Waals surface area contributed by atoms with Crippen molar-refractivity contribution in [2.24, 2.45) is 11.5 Å². The van der Waals surface area contributed by atoms with Crippen LogP contribution in [0.4, 0.5) is 4.79 Å². The van der Waals surface area contributed by atoms with E-state index in [9.17, 15) is 9.59 Å². The van der Waals surface area contributed by atoms with Crippen molar-refractivity contribution in [3.05, 3.63) is 71.5 Å². The van der Waals surface area contributed by atoms with Crippen molar-refractivity contribution in [3.8, 4) is 17.0 Å². The van der Waals surface area contributed by atoms with Crippen molar-refractivity contribution >= 4 is 12.0 Å². The Labute approximate surface area is 154 Å². The number of amides is 2. The van der Waals surface area contributed by atoms with Gasteiger partial charge in [-0.05, 0) is 42.0 Å². The lowest BCUT2D eigenvalue weighted by molar-refractivity contribution is 0.1000. The van der Waals surface area contributed by atoms with E-state index >= 15 is 0 Å². The van der Waals surface area contributed by atoms with E-state index in [1.807, 2.05) is 12.1 Å². The van der Waals surface area contributed by atoms with Gasteiger partial charge in [-0.3, -0.25) is 4.79 Å². The second-order valence-corrected chi connectivity index (χ2v) is 5.66. The third-order valence-electron chi connectivity index (χ3n) is 3.71. The summed E-state index contributed by atoms with van der Waals surface area (Å²) in [5.41, 5.74) is 12.9. The average molecular weight is 367 g/mol. The lowest BCUT2D eigenvalue weighted by atomic mass is 10.1. The predicted molar refractivity (Wildman–Crippen MR) is 95.6 cm³/mol. The molecule has 138 valence electrons. The topological polar surface area (TPSA) is 131 Å². The van der Waals surface area contributed by atoms with Crippen LogP contribution in [0.15, 0.2) is 59.1 Å². The highest BCUT2D eigenvalue weighted by Gasteiger charge is 2.08. The number of primary amides is 2. The summed E-state index contributed by atoms with van der Waals surface area (Å²) in [4.78, 5) is 21.7. The SMILES string of the molecule is NC(=O)OCc1cc(-c2ccc(OCc3ccc(C(N)=O)cc3)cc2)no1.